The standard InChI is InChI=1S/C24H29N3O3/c1-16-6-8-17(9-7-16)14-25-20(28)15-27-21(29)24(5,26-22(27)30)19-12-10-18(11-13-19)23(2,3)4/h6-13H,14-15H2,1-5H3,(H,25,28)(H,26,30)/t24-/m0/s1. The topological polar surface area (TPSA) is 78.5 Å². The second-order valence-corrected chi connectivity index (χ2v) is 9.04. The van der Waals surface area contributed by atoms with Gasteiger partial charge in [0.05, 0.1) is 0 Å². The van der Waals surface area contributed by atoms with Crippen LogP contribution in [0.3, 0.4) is 0 Å². The number of nitrogens with one attached hydrogen (secondary N) is 2. The first-order valence-corrected chi connectivity index (χ1v) is 10.1. The van der Waals surface area contributed by atoms with E-state index in [1.165, 1.54) is 0 Å². The summed E-state index contributed by atoms with van der Waals surface area (Å²) >= 11 is 0. The summed E-state index contributed by atoms with van der Waals surface area (Å²) in [5.41, 5.74) is 2.72. The van der Waals surface area contributed by atoms with Crippen molar-refractivity contribution >= 4 is 17.8 Å². The molecule has 6 nitrogen and oxygen atoms in total. The van der Waals surface area contributed by atoms with Gasteiger partial charge in [0, 0.05) is 6.54 Å². The molecule has 0 aromatic heterocycles. The van der Waals surface area contributed by atoms with Crippen LogP contribution in [0.15, 0.2) is 48.5 Å². The highest BCUT2D eigenvalue weighted by atomic mass is 16.2. The van der Waals surface area contributed by atoms with E-state index in [0.717, 1.165) is 21.6 Å². The van der Waals surface area contributed by atoms with Crippen LogP contribution in [0.4, 0.5) is 4.79 Å². The van der Waals surface area contributed by atoms with Gasteiger partial charge < -0.3 is 10.6 Å². The normalized spacial score (nSPS) is 19.0. The summed E-state index contributed by atoms with van der Waals surface area (Å²) in [6, 6.07) is 14.9. The maximum Gasteiger partial charge on any atom is 0.325 e. The minimum absolute atomic E-state index is 0.00998. The van der Waals surface area contributed by atoms with Gasteiger partial charge in [-0.25, -0.2) is 4.79 Å². The number of nitrogens with zero attached hydrogens (tertiary/aromatic N) is 1. The quantitative estimate of drug-likeness (QED) is 0.746. The van der Waals surface area contributed by atoms with Crippen molar-refractivity contribution in [3.8, 4) is 0 Å². The van der Waals surface area contributed by atoms with Crippen LogP contribution in [0.25, 0.3) is 0 Å². The monoisotopic (exact) mass is 407 g/mol. The van der Waals surface area contributed by atoms with Gasteiger partial charge in [-0.1, -0.05) is 74.9 Å². The van der Waals surface area contributed by atoms with E-state index in [4.69, 9.17) is 0 Å². The van der Waals surface area contributed by atoms with Crippen LogP contribution in [-0.2, 0) is 27.1 Å². The fraction of sp³-hybridized carbons (Fsp3) is 0.375. The molecular formula is C24H29N3O3. The second kappa shape index (κ2) is 7.94. The third kappa shape index (κ3) is 4.37. The third-order valence-corrected chi connectivity index (χ3v) is 5.52. The molecule has 0 saturated carbocycles. The van der Waals surface area contributed by atoms with E-state index in [0.29, 0.717) is 12.1 Å². The summed E-state index contributed by atoms with van der Waals surface area (Å²) in [7, 11) is 0. The van der Waals surface area contributed by atoms with Crippen LogP contribution in [0.1, 0.15) is 49.9 Å². The minimum atomic E-state index is -1.19. The summed E-state index contributed by atoms with van der Waals surface area (Å²) in [5.74, 6) is -0.812. The van der Waals surface area contributed by atoms with Crippen molar-refractivity contribution in [1.29, 1.82) is 0 Å². The average molecular weight is 408 g/mol. The summed E-state index contributed by atoms with van der Waals surface area (Å²) in [4.78, 5) is 38.8. The van der Waals surface area contributed by atoms with Crippen molar-refractivity contribution in [3.63, 3.8) is 0 Å². The predicted octanol–water partition coefficient (Wildman–Crippen LogP) is 3.38. The molecule has 0 spiro atoms. The Bertz CT molecular complexity index is 959. The van der Waals surface area contributed by atoms with Gasteiger partial charge in [0.1, 0.15) is 12.1 Å². The molecule has 1 aliphatic heterocycles. The lowest BCUT2D eigenvalue weighted by Gasteiger charge is -2.24. The molecule has 0 radical (unpaired) electrons. The molecule has 158 valence electrons. The molecular weight excluding hydrogens is 378 g/mol. The molecule has 3 rings (SSSR count). The van der Waals surface area contributed by atoms with E-state index in [1.807, 2.05) is 55.5 Å². The molecule has 2 aromatic carbocycles. The van der Waals surface area contributed by atoms with E-state index in [2.05, 4.69) is 31.4 Å². The lowest BCUT2D eigenvalue weighted by molar-refractivity contribution is -0.134. The van der Waals surface area contributed by atoms with Crippen molar-refractivity contribution < 1.29 is 14.4 Å². The second-order valence-electron chi connectivity index (χ2n) is 9.04. The molecule has 4 amide bonds. The number of rotatable bonds is 5. The molecule has 1 fully saturated rings. The van der Waals surface area contributed by atoms with Gasteiger partial charge in [0.2, 0.25) is 5.91 Å². The molecule has 1 aliphatic rings. The smallest absolute Gasteiger partial charge is 0.325 e. The molecule has 1 atom stereocenters. The van der Waals surface area contributed by atoms with Crippen molar-refractivity contribution in [2.45, 2.75) is 52.1 Å². The van der Waals surface area contributed by atoms with Gasteiger partial charge in [-0.3, -0.25) is 14.5 Å². The van der Waals surface area contributed by atoms with Crippen LogP contribution in [0, 0.1) is 6.92 Å². The minimum Gasteiger partial charge on any atom is -0.350 e. The summed E-state index contributed by atoms with van der Waals surface area (Å²) in [5, 5.41) is 5.51. The number of urea groups is 1. The zero-order chi connectivity index (χ0) is 22.1. The maximum atomic E-state index is 13.0. The zero-order valence-corrected chi connectivity index (χ0v) is 18.2. The first-order valence-electron chi connectivity index (χ1n) is 10.1. The lowest BCUT2D eigenvalue weighted by Crippen LogP contribution is -2.43. The third-order valence-electron chi connectivity index (χ3n) is 5.52. The Morgan fingerprint density at radius 2 is 1.63 bits per heavy atom. The van der Waals surface area contributed by atoms with E-state index in [-0.39, 0.29) is 17.9 Å². The Labute approximate surface area is 177 Å². The number of amides is 4. The summed E-state index contributed by atoms with van der Waals surface area (Å²) in [6.07, 6.45) is 0. The Morgan fingerprint density at radius 3 is 2.20 bits per heavy atom. The summed E-state index contributed by atoms with van der Waals surface area (Å²) < 4.78 is 0. The van der Waals surface area contributed by atoms with Crippen LogP contribution >= 0.6 is 0 Å². The van der Waals surface area contributed by atoms with Crippen molar-refractivity contribution in [3.05, 3.63) is 70.8 Å². The van der Waals surface area contributed by atoms with Gasteiger partial charge in [-0.2, -0.15) is 0 Å². The number of benzene rings is 2. The van der Waals surface area contributed by atoms with Crippen LogP contribution in [0.5, 0.6) is 0 Å². The molecule has 6 heteroatoms. The van der Waals surface area contributed by atoms with Gasteiger partial charge in [0.25, 0.3) is 5.91 Å². The van der Waals surface area contributed by atoms with Crippen molar-refractivity contribution in [2.24, 2.45) is 0 Å². The van der Waals surface area contributed by atoms with E-state index >= 15 is 0 Å². The van der Waals surface area contributed by atoms with Crippen LogP contribution in [-0.4, -0.2) is 29.3 Å². The molecule has 1 saturated heterocycles. The number of aryl methyl sites for hydroxylation is 1. The SMILES string of the molecule is Cc1ccc(CNC(=O)CN2C(=O)N[C@@](C)(c3ccc(C(C)(C)C)cc3)C2=O)cc1. The lowest BCUT2D eigenvalue weighted by atomic mass is 9.84. The Balaban J connectivity index is 1.67. The van der Waals surface area contributed by atoms with E-state index in [9.17, 15) is 14.4 Å². The molecule has 0 unspecified atom stereocenters. The molecule has 1 heterocycles. The van der Waals surface area contributed by atoms with Gasteiger partial charge in [-0.05, 0) is 36.0 Å². The predicted molar refractivity (Wildman–Crippen MR) is 116 cm³/mol. The van der Waals surface area contributed by atoms with E-state index < -0.39 is 17.5 Å². The number of hydrogen-bond acceptors (Lipinski definition) is 3. The highest BCUT2D eigenvalue weighted by molar-refractivity contribution is 6.09. The molecule has 2 aromatic rings. The Kier molecular flexibility index (Phi) is 5.70. The van der Waals surface area contributed by atoms with E-state index in [1.54, 1.807) is 6.92 Å². The fourth-order valence-electron chi connectivity index (χ4n) is 3.45. The number of hydrogen-bond donors (Lipinski definition) is 2. The molecule has 0 aliphatic carbocycles. The highest BCUT2D eigenvalue weighted by Crippen LogP contribution is 2.31. The maximum absolute atomic E-state index is 13.0. The van der Waals surface area contributed by atoms with Crippen molar-refractivity contribution in [1.82, 2.24) is 15.5 Å². The fourth-order valence-corrected chi connectivity index (χ4v) is 3.45. The number of carbonyl (C=O) groups is 3. The molecule has 0 bridgehead atoms. The highest BCUT2D eigenvalue weighted by Gasteiger charge is 2.49. The first kappa shape index (κ1) is 21.6. The van der Waals surface area contributed by atoms with Gasteiger partial charge in [0.15, 0.2) is 0 Å². The average Bonchev–Trinajstić information content (AvgIpc) is 2.91. The molecule has 2 N–H and O–H groups in total. The van der Waals surface area contributed by atoms with Gasteiger partial charge >= 0.3 is 6.03 Å². The van der Waals surface area contributed by atoms with Crippen LogP contribution < -0.4 is 10.6 Å². The van der Waals surface area contributed by atoms with Gasteiger partial charge in [-0.15, -0.1) is 0 Å². The first-order chi connectivity index (χ1) is 14.0. The summed E-state index contributed by atoms with van der Waals surface area (Å²) in [6.45, 7) is 10.0. The largest absolute Gasteiger partial charge is 0.350 e. The molecule has 30 heavy (non-hydrogen) atoms. The zero-order valence-electron chi connectivity index (χ0n) is 18.2. The number of carbonyl (C=O) groups excluding carboxylic acids is 3. The van der Waals surface area contributed by atoms with Crippen LogP contribution in [0.2, 0.25) is 0 Å². The Morgan fingerprint density at radius 1 is 1.03 bits per heavy atom. The number of imide groups is 1. The Hall–Kier alpha value is -3.15. The van der Waals surface area contributed by atoms with Crippen molar-refractivity contribution in [2.75, 3.05) is 6.54 Å².